The summed E-state index contributed by atoms with van der Waals surface area (Å²) in [4.78, 5) is 24.6. The highest BCUT2D eigenvalue weighted by Gasteiger charge is 2.29. The van der Waals surface area contributed by atoms with E-state index < -0.39 is 12.1 Å². The van der Waals surface area contributed by atoms with Crippen LogP contribution < -0.4 is 5.32 Å². The lowest BCUT2D eigenvalue weighted by Gasteiger charge is -2.33. The smallest absolute Gasteiger partial charge is 0.317 e. The Morgan fingerprint density at radius 2 is 2.20 bits per heavy atom. The van der Waals surface area contributed by atoms with Crippen molar-refractivity contribution >= 4 is 12.0 Å². The average molecular weight is 284 g/mol. The number of carboxylic acids is 1. The van der Waals surface area contributed by atoms with Crippen LogP contribution in [0.1, 0.15) is 39.0 Å². The predicted octanol–water partition coefficient (Wildman–Crippen LogP) is 1.45. The Kier molecular flexibility index (Phi) is 5.23. The molecule has 6 nitrogen and oxygen atoms in total. The first kappa shape index (κ1) is 15.1. The first-order chi connectivity index (χ1) is 9.58. The Labute approximate surface area is 119 Å². The molecule has 1 aliphatic carbocycles. The molecule has 2 amide bonds. The van der Waals surface area contributed by atoms with E-state index in [1.807, 2.05) is 0 Å². The third kappa shape index (κ3) is 4.67. The van der Waals surface area contributed by atoms with Gasteiger partial charge in [0.05, 0.1) is 19.1 Å². The maximum Gasteiger partial charge on any atom is 0.317 e. The monoisotopic (exact) mass is 284 g/mol. The topological polar surface area (TPSA) is 78.9 Å². The van der Waals surface area contributed by atoms with Gasteiger partial charge in [-0.05, 0) is 18.8 Å². The molecule has 1 aliphatic heterocycles. The van der Waals surface area contributed by atoms with Gasteiger partial charge in [-0.3, -0.25) is 4.79 Å². The van der Waals surface area contributed by atoms with Crippen LogP contribution in [0.3, 0.4) is 0 Å². The lowest BCUT2D eigenvalue weighted by atomic mass is 10.1. The lowest BCUT2D eigenvalue weighted by Crippen LogP contribution is -2.52. The molecule has 0 spiro atoms. The summed E-state index contributed by atoms with van der Waals surface area (Å²) in [5.74, 6) is -0.109. The maximum atomic E-state index is 12.2. The van der Waals surface area contributed by atoms with Crippen LogP contribution in [0.25, 0.3) is 0 Å². The molecule has 1 saturated heterocycles. The first-order valence-corrected chi connectivity index (χ1v) is 7.47. The fraction of sp³-hybridized carbons (Fsp3) is 0.857. The molecule has 2 aliphatic rings. The summed E-state index contributed by atoms with van der Waals surface area (Å²) in [5.41, 5.74) is 0. The van der Waals surface area contributed by atoms with E-state index in [1.54, 1.807) is 4.90 Å². The van der Waals surface area contributed by atoms with E-state index in [4.69, 9.17) is 9.84 Å². The number of rotatable bonds is 6. The molecule has 2 unspecified atom stereocenters. The molecule has 20 heavy (non-hydrogen) atoms. The summed E-state index contributed by atoms with van der Waals surface area (Å²) < 4.78 is 5.37. The van der Waals surface area contributed by atoms with Crippen LogP contribution in [0.5, 0.6) is 0 Å². The molecule has 2 fully saturated rings. The Morgan fingerprint density at radius 3 is 2.80 bits per heavy atom. The average Bonchev–Trinajstić information content (AvgIpc) is 3.21. The van der Waals surface area contributed by atoms with Crippen molar-refractivity contribution in [2.75, 3.05) is 19.7 Å². The Bertz CT molecular complexity index is 357. The molecule has 114 valence electrons. The summed E-state index contributed by atoms with van der Waals surface area (Å²) in [7, 11) is 0. The zero-order chi connectivity index (χ0) is 14.5. The molecule has 0 bridgehead atoms. The molecule has 0 aromatic heterocycles. The van der Waals surface area contributed by atoms with Gasteiger partial charge >= 0.3 is 12.0 Å². The van der Waals surface area contributed by atoms with Crippen molar-refractivity contribution in [2.45, 2.75) is 51.2 Å². The van der Waals surface area contributed by atoms with Crippen LogP contribution in [0, 0.1) is 5.92 Å². The molecular formula is C14H24N2O4. The number of ether oxygens (including phenoxy) is 1. The van der Waals surface area contributed by atoms with E-state index >= 15 is 0 Å². The van der Waals surface area contributed by atoms with Gasteiger partial charge in [-0.15, -0.1) is 0 Å². The highest BCUT2D eigenvalue weighted by Crippen LogP contribution is 2.34. The summed E-state index contributed by atoms with van der Waals surface area (Å²) in [6.45, 7) is 3.38. The van der Waals surface area contributed by atoms with Gasteiger partial charge in [0.1, 0.15) is 0 Å². The number of aliphatic carboxylic acids is 1. The lowest BCUT2D eigenvalue weighted by molar-refractivity contribution is -0.141. The van der Waals surface area contributed by atoms with Gasteiger partial charge in [0.15, 0.2) is 0 Å². The van der Waals surface area contributed by atoms with E-state index in [0.717, 1.165) is 18.8 Å². The second kappa shape index (κ2) is 6.92. The van der Waals surface area contributed by atoms with E-state index in [9.17, 15) is 9.59 Å². The van der Waals surface area contributed by atoms with Crippen molar-refractivity contribution in [2.24, 2.45) is 5.92 Å². The van der Waals surface area contributed by atoms with Crippen molar-refractivity contribution in [3.05, 3.63) is 0 Å². The fourth-order valence-corrected chi connectivity index (χ4v) is 2.57. The van der Waals surface area contributed by atoms with E-state index in [-0.39, 0.29) is 18.5 Å². The summed E-state index contributed by atoms with van der Waals surface area (Å²) in [6, 6.07) is 0.145. The SMILES string of the molecule is CCC(CC1CC1)NC(=O)N1CCOC(CC(=O)O)C1. The number of nitrogens with one attached hydrogen (secondary N) is 1. The predicted molar refractivity (Wildman–Crippen MR) is 73.5 cm³/mol. The first-order valence-electron chi connectivity index (χ1n) is 7.47. The van der Waals surface area contributed by atoms with Gasteiger partial charge in [0.2, 0.25) is 0 Å². The second-order valence-corrected chi connectivity index (χ2v) is 5.77. The number of hydrogen-bond acceptors (Lipinski definition) is 3. The standard InChI is InChI=1S/C14H24N2O4/c1-2-11(7-10-3-4-10)15-14(19)16-5-6-20-12(9-16)8-13(17)18/h10-12H,2-9H2,1H3,(H,15,19)(H,17,18). The van der Waals surface area contributed by atoms with E-state index in [2.05, 4.69) is 12.2 Å². The minimum absolute atomic E-state index is 0.0525. The molecule has 0 aromatic carbocycles. The van der Waals surface area contributed by atoms with E-state index in [0.29, 0.717) is 19.7 Å². The number of carbonyl (C=O) groups is 2. The Hall–Kier alpha value is -1.30. The summed E-state index contributed by atoms with van der Waals surface area (Å²) >= 11 is 0. The van der Waals surface area contributed by atoms with Gasteiger partial charge in [-0.1, -0.05) is 19.8 Å². The molecule has 2 N–H and O–H groups in total. The quantitative estimate of drug-likeness (QED) is 0.774. The van der Waals surface area contributed by atoms with Crippen molar-refractivity contribution in [3.63, 3.8) is 0 Å². The Morgan fingerprint density at radius 1 is 1.45 bits per heavy atom. The fourth-order valence-electron chi connectivity index (χ4n) is 2.57. The van der Waals surface area contributed by atoms with Crippen molar-refractivity contribution in [1.29, 1.82) is 0 Å². The highest BCUT2D eigenvalue weighted by atomic mass is 16.5. The van der Waals surface area contributed by atoms with Crippen molar-refractivity contribution < 1.29 is 19.4 Å². The van der Waals surface area contributed by atoms with Crippen LogP contribution in [0.15, 0.2) is 0 Å². The van der Waals surface area contributed by atoms with Gasteiger partial charge in [-0.25, -0.2) is 4.79 Å². The molecule has 1 saturated carbocycles. The number of carbonyl (C=O) groups excluding carboxylic acids is 1. The molecule has 2 rings (SSSR count). The summed E-state index contributed by atoms with van der Waals surface area (Å²) in [6.07, 6.45) is 4.12. The molecule has 1 heterocycles. The second-order valence-electron chi connectivity index (χ2n) is 5.77. The molecule has 2 atom stereocenters. The molecule has 0 radical (unpaired) electrons. The third-order valence-corrected chi connectivity index (χ3v) is 3.96. The normalized spacial score (nSPS) is 24.2. The van der Waals surface area contributed by atoms with Gasteiger partial charge in [0.25, 0.3) is 0 Å². The number of nitrogens with zero attached hydrogens (tertiary/aromatic N) is 1. The third-order valence-electron chi connectivity index (χ3n) is 3.96. The number of morpholine rings is 1. The van der Waals surface area contributed by atoms with Crippen molar-refractivity contribution in [1.82, 2.24) is 10.2 Å². The molecular weight excluding hydrogens is 260 g/mol. The maximum absolute atomic E-state index is 12.2. The Balaban J connectivity index is 1.79. The number of urea groups is 1. The van der Waals surface area contributed by atoms with Crippen LogP contribution in [0.4, 0.5) is 4.79 Å². The van der Waals surface area contributed by atoms with Gasteiger partial charge in [0, 0.05) is 19.1 Å². The van der Waals surface area contributed by atoms with Gasteiger partial charge in [-0.2, -0.15) is 0 Å². The highest BCUT2D eigenvalue weighted by molar-refractivity contribution is 5.75. The largest absolute Gasteiger partial charge is 0.481 e. The number of hydrogen-bond donors (Lipinski definition) is 2. The van der Waals surface area contributed by atoms with Gasteiger partial charge < -0.3 is 20.1 Å². The number of amides is 2. The molecule has 0 aromatic rings. The van der Waals surface area contributed by atoms with Crippen LogP contribution in [-0.4, -0.2) is 53.8 Å². The van der Waals surface area contributed by atoms with Crippen LogP contribution >= 0.6 is 0 Å². The van der Waals surface area contributed by atoms with Crippen molar-refractivity contribution in [3.8, 4) is 0 Å². The minimum atomic E-state index is -0.891. The summed E-state index contributed by atoms with van der Waals surface area (Å²) in [5, 5.41) is 11.8. The number of carboxylic acid groups (broad SMARTS) is 1. The van der Waals surface area contributed by atoms with Crippen LogP contribution in [0.2, 0.25) is 0 Å². The zero-order valence-electron chi connectivity index (χ0n) is 12.0. The van der Waals surface area contributed by atoms with Crippen LogP contribution in [-0.2, 0) is 9.53 Å². The van der Waals surface area contributed by atoms with E-state index in [1.165, 1.54) is 12.8 Å². The zero-order valence-corrected chi connectivity index (χ0v) is 12.0. The minimum Gasteiger partial charge on any atom is -0.481 e. The molecule has 6 heteroatoms.